The molecule has 2 N–H and O–H groups in total. The molecule has 4 nitrogen and oxygen atoms in total. The van der Waals surface area contributed by atoms with Gasteiger partial charge in [0, 0.05) is 13.0 Å². The number of amides is 1. The minimum Gasteiger partial charge on any atom is -0.481 e. The van der Waals surface area contributed by atoms with E-state index in [1.54, 1.807) is 13.8 Å². The molecule has 0 heterocycles. The molecular weight excluding hydrogens is 230 g/mol. The van der Waals surface area contributed by atoms with E-state index < -0.39 is 11.4 Å². The Morgan fingerprint density at radius 2 is 1.83 bits per heavy atom. The predicted octanol–water partition coefficient (Wildman–Crippen LogP) is 2.57. The monoisotopic (exact) mass is 255 g/mol. The third-order valence-electron chi connectivity index (χ3n) is 3.81. The van der Waals surface area contributed by atoms with Crippen molar-refractivity contribution in [2.75, 3.05) is 6.54 Å². The number of carbonyl (C=O) groups excluding carboxylic acids is 1. The lowest BCUT2D eigenvalue weighted by atomic mass is 9.86. The second-order valence-corrected chi connectivity index (χ2v) is 6.01. The fraction of sp³-hybridized carbons (Fsp3) is 0.857. The van der Waals surface area contributed by atoms with Crippen LogP contribution in [0.1, 0.15) is 58.8 Å². The fourth-order valence-electron chi connectivity index (χ4n) is 2.29. The minimum absolute atomic E-state index is 0.0186. The van der Waals surface area contributed by atoms with Crippen molar-refractivity contribution in [3.8, 4) is 0 Å². The summed E-state index contributed by atoms with van der Waals surface area (Å²) < 4.78 is 0. The highest BCUT2D eigenvalue weighted by Crippen LogP contribution is 2.27. The summed E-state index contributed by atoms with van der Waals surface area (Å²) in [6.07, 6.45) is 7.87. The van der Waals surface area contributed by atoms with Crippen molar-refractivity contribution in [2.24, 2.45) is 11.3 Å². The molecule has 0 aliphatic heterocycles. The Morgan fingerprint density at radius 3 is 2.39 bits per heavy atom. The standard InChI is InChI=1S/C14H25NO3/c1-14(2,13(17)18)10-15-12(16)9-8-11-6-4-3-5-7-11/h11H,3-10H2,1-2H3,(H,15,16)(H,17,18). The first-order valence-electron chi connectivity index (χ1n) is 6.92. The lowest BCUT2D eigenvalue weighted by molar-refractivity contribution is -0.146. The van der Waals surface area contributed by atoms with Gasteiger partial charge in [-0.05, 0) is 26.2 Å². The molecule has 0 aromatic heterocycles. The molecule has 1 aliphatic carbocycles. The Kier molecular flexibility index (Phi) is 5.63. The molecule has 0 atom stereocenters. The molecule has 0 bridgehead atoms. The third-order valence-corrected chi connectivity index (χ3v) is 3.81. The van der Waals surface area contributed by atoms with Crippen LogP contribution in [0.25, 0.3) is 0 Å². The molecule has 1 fully saturated rings. The van der Waals surface area contributed by atoms with Crippen LogP contribution in [0.2, 0.25) is 0 Å². The van der Waals surface area contributed by atoms with Crippen LogP contribution in [0.3, 0.4) is 0 Å². The first-order chi connectivity index (χ1) is 8.42. The van der Waals surface area contributed by atoms with Crippen LogP contribution in [0, 0.1) is 11.3 Å². The fourth-order valence-corrected chi connectivity index (χ4v) is 2.29. The van der Waals surface area contributed by atoms with Gasteiger partial charge in [0.05, 0.1) is 5.41 Å². The van der Waals surface area contributed by atoms with E-state index in [4.69, 9.17) is 5.11 Å². The normalized spacial score (nSPS) is 17.4. The molecule has 1 rings (SSSR count). The zero-order valence-electron chi connectivity index (χ0n) is 11.5. The molecule has 1 saturated carbocycles. The summed E-state index contributed by atoms with van der Waals surface area (Å²) in [6, 6.07) is 0. The number of carboxylic acids is 1. The maximum atomic E-state index is 11.7. The van der Waals surface area contributed by atoms with Crippen LogP contribution in [0.4, 0.5) is 0 Å². The van der Waals surface area contributed by atoms with Gasteiger partial charge < -0.3 is 10.4 Å². The number of hydrogen-bond acceptors (Lipinski definition) is 2. The van der Waals surface area contributed by atoms with E-state index in [2.05, 4.69) is 5.32 Å². The summed E-state index contributed by atoms with van der Waals surface area (Å²) in [5.74, 6) is -0.207. The van der Waals surface area contributed by atoms with Crippen LogP contribution in [0.5, 0.6) is 0 Å². The Morgan fingerprint density at radius 1 is 1.22 bits per heavy atom. The smallest absolute Gasteiger partial charge is 0.310 e. The van der Waals surface area contributed by atoms with E-state index in [0.29, 0.717) is 12.3 Å². The number of aliphatic carboxylic acids is 1. The number of carboxylic acid groups (broad SMARTS) is 1. The van der Waals surface area contributed by atoms with Gasteiger partial charge in [-0.2, -0.15) is 0 Å². The van der Waals surface area contributed by atoms with Crippen molar-refractivity contribution < 1.29 is 14.7 Å². The SMILES string of the molecule is CC(C)(CNC(=O)CCC1CCCCC1)C(=O)O. The predicted molar refractivity (Wildman–Crippen MR) is 70.2 cm³/mol. The average Bonchev–Trinajstić information content (AvgIpc) is 2.35. The van der Waals surface area contributed by atoms with Crippen LogP contribution in [-0.2, 0) is 9.59 Å². The maximum absolute atomic E-state index is 11.7. The van der Waals surface area contributed by atoms with E-state index in [1.807, 2.05) is 0 Å². The summed E-state index contributed by atoms with van der Waals surface area (Å²) in [5.41, 5.74) is -0.888. The van der Waals surface area contributed by atoms with Crippen molar-refractivity contribution in [1.29, 1.82) is 0 Å². The van der Waals surface area contributed by atoms with Crippen molar-refractivity contribution in [2.45, 2.75) is 58.8 Å². The van der Waals surface area contributed by atoms with Gasteiger partial charge in [0.1, 0.15) is 0 Å². The molecule has 0 spiro atoms. The molecule has 0 saturated heterocycles. The van der Waals surface area contributed by atoms with Crippen molar-refractivity contribution in [1.82, 2.24) is 5.32 Å². The van der Waals surface area contributed by atoms with Gasteiger partial charge in [-0.1, -0.05) is 32.1 Å². The van der Waals surface area contributed by atoms with E-state index in [0.717, 1.165) is 6.42 Å². The Labute approximate surface area is 109 Å². The second kappa shape index (κ2) is 6.76. The molecule has 0 aromatic rings. The molecule has 18 heavy (non-hydrogen) atoms. The first-order valence-corrected chi connectivity index (χ1v) is 6.92. The summed E-state index contributed by atoms with van der Waals surface area (Å²) in [7, 11) is 0. The molecule has 0 unspecified atom stereocenters. The van der Waals surface area contributed by atoms with Gasteiger partial charge >= 0.3 is 5.97 Å². The third kappa shape index (κ3) is 5.07. The Hall–Kier alpha value is -1.06. The Bertz CT molecular complexity index is 293. The lowest BCUT2D eigenvalue weighted by Crippen LogP contribution is -2.38. The number of carbonyl (C=O) groups is 2. The quantitative estimate of drug-likeness (QED) is 0.766. The highest BCUT2D eigenvalue weighted by Gasteiger charge is 2.27. The molecule has 104 valence electrons. The molecular formula is C14H25NO3. The number of rotatable bonds is 6. The average molecular weight is 255 g/mol. The first kappa shape index (κ1) is 15.0. The van der Waals surface area contributed by atoms with Crippen LogP contribution in [0.15, 0.2) is 0 Å². The van der Waals surface area contributed by atoms with Gasteiger partial charge in [0.25, 0.3) is 0 Å². The van der Waals surface area contributed by atoms with Gasteiger partial charge in [-0.25, -0.2) is 0 Å². The molecule has 1 aliphatic rings. The summed E-state index contributed by atoms with van der Waals surface area (Å²) >= 11 is 0. The van der Waals surface area contributed by atoms with Gasteiger partial charge in [-0.3, -0.25) is 9.59 Å². The summed E-state index contributed by atoms with van der Waals surface area (Å²) in [4.78, 5) is 22.5. The molecule has 1 amide bonds. The summed E-state index contributed by atoms with van der Waals surface area (Å²) in [6.45, 7) is 3.44. The zero-order chi connectivity index (χ0) is 13.6. The lowest BCUT2D eigenvalue weighted by Gasteiger charge is -2.22. The van der Waals surface area contributed by atoms with Crippen LogP contribution < -0.4 is 5.32 Å². The van der Waals surface area contributed by atoms with E-state index in [-0.39, 0.29) is 12.5 Å². The highest BCUT2D eigenvalue weighted by molar-refractivity contribution is 5.78. The largest absolute Gasteiger partial charge is 0.481 e. The van der Waals surface area contributed by atoms with Gasteiger partial charge in [0.2, 0.25) is 5.91 Å². The zero-order valence-corrected chi connectivity index (χ0v) is 11.5. The molecule has 0 aromatic carbocycles. The van der Waals surface area contributed by atoms with Crippen molar-refractivity contribution in [3.05, 3.63) is 0 Å². The molecule has 0 radical (unpaired) electrons. The van der Waals surface area contributed by atoms with E-state index >= 15 is 0 Å². The van der Waals surface area contributed by atoms with Crippen molar-refractivity contribution in [3.63, 3.8) is 0 Å². The Balaban J connectivity index is 2.19. The number of nitrogens with one attached hydrogen (secondary N) is 1. The maximum Gasteiger partial charge on any atom is 0.310 e. The molecule has 4 heteroatoms. The second-order valence-electron chi connectivity index (χ2n) is 6.01. The van der Waals surface area contributed by atoms with Gasteiger partial charge in [0.15, 0.2) is 0 Å². The van der Waals surface area contributed by atoms with E-state index in [1.165, 1.54) is 32.1 Å². The minimum atomic E-state index is -0.888. The highest BCUT2D eigenvalue weighted by atomic mass is 16.4. The topological polar surface area (TPSA) is 66.4 Å². The summed E-state index contributed by atoms with van der Waals surface area (Å²) in [5, 5.41) is 11.7. The number of hydrogen-bond donors (Lipinski definition) is 2. The van der Waals surface area contributed by atoms with Crippen LogP contribution >= 0.6 is 0 Å². The van der Waals surface area contributed by atoms with E-state index in [9.17, 15) is 9.59 Å². The van der Waals surface area contributed by atoms with Crippen LogP contribution in [-0.4, -0.2) is 23.5 Å². The van der Waals surface area contributed by atoms with Crippen molar-refractivity contribution >= 4 is 11.9 Å². The van der Waals surface area contributed by atoms with Gasteiger partial charge in [-0.15, -0.1) is 0 Å².